The molecule has 0 saturated carbocycles. The molecule has 11 nitrogen and oxygen atoms in total. The number of piperidine rings is 3. The van der Waals surface area contributed by atoms with Crippen LogP contribution < -0.4 is 10.1 Å². The van der Waals surface area contributed by atoms with Gasteiger partial charge in [0.05, 0.1) is 23.3 Å². The Morgan fingerprint density at radius 3 is 2.50 bits per heavy atom. The maximum atomic E-state index is 16.4. The Hall–Kier alpha value is -4.60. The molecule has 6 heterocycles. The smallest absolute Gasteiger partial charge is 0.236 e. The minimum absolute atomic E-state index is 0.0721. The molecular formula is C38H46FN9O2. The Morgan fingerprint density at radius 2 is 1.72 bits per heavy atom. The molecule has 0 unspecified atom stereocenters. The highest BCUT2D eigenvalue weighted by molar-refractivity contribution is 5.79. The minimum atomic E-state index is -0.563. The van der Waals surface area contributed by atoms with E-state index in [-0.39, 0.29) is 36.0 Å². The molecule has 7 rings (SSSR count). The first kappa shape index (κ1) is 33.9. The zero-order valence-electron chi connectivity index (χ0n) is 28.6. The van der Waals surface area contributed by atoms with Gasteiger partial charge in [-0.1, -0.05) is 12.5 Å². The third-order valence-electron chi connectivity index (χ3n) is 10.2. The lowest BCUT2D eigenvalue weighted by molar-refractivity contribution is -0.131. The van der Waals surface area contributed by atoms with Gasteiger partial charge < -0.3 is 24.8 Å². The molecule has 1 amide bonds. The second-order valence-electron chi connectivity index (χ2n) is 13.7. The molecule has 12 heteroatoms. The number of nitrogens with zero attached hydrogens (tertiary/aromatic N) is 8. The Kier molecular flexibility index (Phi) is 10.8. The van der Waals surface area contributed by atoms with Crippen molar-refractivity contribution < 1.29 is 13.9 Å². The third-order valence-corrected chi connectivity index (χ3v) is 10.2. The van der Waals surface area contributed by atoms with Crippen LogP contribution in [0, 0.1) is 17.1 Å². The number of fused-ring (bicyclic) bond motifs is 1. The number of benzene rings is 1. The molecule has 1 aromatic carbocycles. The van der Waals surface area contributed by atoms with Crippen LogP contribution in [-0.4, -0.2) is 105 Å². The number of rotatable bonds is 11. The van der Waals surface area contributed by atoms with Crippen molar-refractivity contribution in [2.24, 2.45) is 0 Å². The Balaban J connectivity index is 1.05. The SMILES string of the molecule is N#CCC(=O)N1CCC[C@@H](Nc2nc(-c3cnn4ccccc34)nc(-c3ccc(OC4CCN(CCCN5CCCCC5)CC4)cc3)c2F)C1. The number of anilines is 1. The van der Waals surface area contributed by atoms with Crippen LogP contribution >= 0.6 is 0 Å². The first-order valence-electron chi connectivity index (χ1n) is 18.2. The molecule has 262 valence electrons. The molecule has 0 radical (unpaired) electrons. The van der Waals surface area contributed by atoms with Gasteiger partial charge in [0, 0.05) is 44.0 Å². The molecule has 0 aliphatic carbocycles. The number of aromatic nitrogens is 4. The van der Waals surface area contributed by atoms with E-state index in [1.807, 2.05) is 54.7 Å². The van der Waals surface area contributed by atoms with Gasteiger partial charge in [-0.3, -0.25) is 4.79 Å². The fourth-order valence-electron chi connectivity index (χ4n) is 7.49. The van der Waals surface area contributed by atoms with Gasteiger partial charge in [-0.2, -0.15) is 10.4 Å². The first-order valence-corrected chi connectivity index (χ1v) is 18.2. The van der Waals surface area contributed by atoms with Crippen LogP contribution in [0.4, 0.5) is 10.2 Å². The molecule has 3 aromatic heterocycles. The number of nitriles is 1. The topological polar surface area (TPSA) is 115 Å². The van der Waals surface area contributed by atoms with Crippen LogP contribution in [0.25, 0.3) is 28.2 Å². The van der Waals surface area contributed by atoms with Gasteiger partial charge in [0.25, 0.3) is 0 Å². The van der Waals surface area contributed by atoms with Crippen LogP contribution in [0.3, 0.4) is 0 Å². The number of amides is 1. The number of ether oxygens (including phenoxy) is 1. The molecule has 3 aliphatic rings. The van der Waals surface area contributed by atoms with Crippen LogP contribution in [0.2, 0.25) is 0 Å². The summed E-state index contributed by atoms with van der Waals surface area (Å²) in [5.41, 5.74) is 2.27. The molecule has 0 spiro atoms. The summed E-state index contributed by atoms with van der Waals surface area (Å²) >= 11 is 0. The normalized spacial score (nSPS) is 19.4. The minimum Gasteiger partial charge on any atom is -0.490 e. The number of hydrogen-bond donors (Lipinski definition) is 1. The van der Waals surface area contributed by atoms with E-state index >= 15 is 4.39 Å². The third kappa shape index (κ3) is 8.06. The molecule has 1 atom stereocenters. The van der Waals surface area contributed by atoms with Crippen molar-refractivity contribution in [1.82, 2.24) is 34.3 Å². The van der Waals surface area contributed by atoms with Gasteiger partial charge in [0.1, 0.15) is 24.0 Å². The van der Waals surface area contributed by atoms with Gasteiger partial charge in [-0.25, -0.2) is 18.9 Å². The van der Waals surface area contributed by atoms with E-state index in [1.165, 1.54) is 45.3 Å². The van der Waals surface area contributed by atoms with E-state index in [0.29, 0.717) is 30.0 Å². The summed E-state index contributed by atoms with van der Waals surface area (Å²) in [6, 6.07) is 14.9. The number of carbonyl (C=O) groups excluding carboxylic acids is 1. The van der Waals surface area contributed by atoms with Gasteiger partial charge >= 0.3 is 0 Å². The highest BCUT2D eigenvalue weighted by Gasteiger charge is 2.27. The van der Waals surface area contributed by atoms with E-state index in [4.69, 9.17) is 15.0 Å². The highest BCUT2D eigenvalue weighted by Crippen LogP contribution is 2.32. The average molecular weight is 680 g/mol. The van der Waals surface area contributed by atoms with E-state index in [0.717, 1.165) is 56.6 Å². The summed E-state index contributed by atoms with van der Waals surface area (Å²) < 4.78 is 24.5. The van der Waals surface area contributed by atoms with Crippen molar-refractivity contribution in [3.8, 4) is 34.5 Å². The summed E-state index contributed by atoms with van der Waals surface area (Å²) in [7, 11) is 0. The summed E-state index contributed by atoms with van der Waals surface area (Å²) in [4.78, 5) is 28.7. The Bertz CT molecular complexity index is 1790. The second-order valence-corrected chi connectivity index (χ2v) is 13.7. The lowest BCUT2D eigenvalue weighted by atomic mass is 10.0. The largest absolute Gasteiger partial charge is 0.490 e. The Labute approximate surface area is 293 Å². The molecule has 3 fully saturated rings. The molecule has 50 heavy (non-hydrogen) atoms. The molecule has 1 N–H and O–H groups in total. The summed E-state index contributed by atoms with van der Waals surface area (Å²) in [6.07, 6.45) is 12.3. The number of halogens is 1. The molecule has 0 bridgehead atoms. The number of carbonyl (C=O) groups is 1. The van der Waals surface area contributed by atoms with E-state index in [1.54, 1.807) is 15.6 Å². The fourth-order valence-corrected chi connectivity index (χ4v) is 7.49. The fraction of sp³-hybridized carbons (Fsp3) is 0.500. The summed E-state index contributed by atoms with van der Waals surface area (Å²) in [5, 5.41) is 16.7. The monoisotopic (exact) mass is 679 g/mol. The predicted octanol–water partition coefficient (Wildman–Crippen LogP) is 5.63. The number of hydrogen-bond acceptors (Lipinski definition) is 9. The van der Waals surface area contributed by atoms with E-state index in [9.17, 15) is 4.79 Å². The van der Waals surface area contributed by atoms with Crippen LogP contribution in [0.1, 0.15) is 57.8 Å². The lowest BCUT2D eigenvalue weighted by Gasteiger charge is -2.33. The number of likely N-dealkylation sites (tertiary alicyclic amines) is 3. The van der Waals surface area contributed by atoms with Gasteiger partial charge in [0.15, 0.2) is 17.5 Å². The molecule has 4 aromatic rings. The zero-order chi connectivity index (χ0) is 34.3. The second kappa shape index (κ2) is 16.0. The Morgan fingerprint density at radius 1 is 0.940 bits per heavy atom. The van der Waals surface area contributed by atoms with Crippen molar-refractivity contribution in [3.05, 3.63) is 60.7 Å². The van der Waals surface area contributed by atoms with Crippen molar-refractivity contribution >= 4 is 17.2 Å². The van der Waals surface area contributed by atoms with Gasteiger partial charge in [0.2, 0.25) is 5.91 Å². The number of nitrogens with one attached hydrogen (secondary N) is 1. The molecule has 3 saturated heterocycles. The maximum Gasteiger partial charge on any atom is 0.236 e. The highest BCUT2D eigenvalue weighted by atomic mass is 19.1. The van der Waals surface area contributed by atoms with Gasteiger partial charge in [-0.15, -0.1) is 0 Å². The summed E-state index contributed by atoms with van der Waals surface area (Å²) in [6.45, 7) is 7.91. The maximum absolute atomic E-state index is 16.4. The van der Waals surface area contributed by atoms with Crippen LogP contribution in [0.5, 0.6) is 5.75 Å². The average Bonchev–Trinajstić information content (AvgIpc) is 3.59. The van der Waals surface area contributed by atoms with Crippen molar-refractivity contribution in [2.45, 2.75) is 69.9 Å². The van der Waals surface area contributed by atoms with E-state index < -0.39 is 5.82 Å². The van der Waals surface area contributed by atoms with Crippen LogP contribution in [0.15, 0.2) is 54.9 Å². The molecule has 3 aliphatic heterocycles. The van der Waals surface area contributed by atoms with Gasteiger partial charge in [-0.05, 0) is 108 Å². The summed E-state index contributed by atoms with van der Waals surface area (Å²) in [5.74, 6) is 0.402. The van der Waals surface area contributed by atoms with E-state index in [2.05, 4.69) is 25.2 Å². The standard InChI is InChI=1S/C38H46FN9O2/c39-35-36(28-10-12-30(13-11-28)50-31-15-24-46(25-16-31)21-7-20-45-18-3-1-4-19-45)43-37(32-26-41-48-23-5-2-9-33(32)48)44-38(35)42-29-8-6-22-47(27-29)34(49)14-17-40/h2,5,9-13,23,26,29,31H,1,3-4,6-8,14-16,18-22,24-25,27H2,(H,42,43,44)/t29-/m1/s1. The van der Waals surface area contributed by atoms with Crippen LogP contribution in [-0.2, 0) is 4.79 Å². The van der Waals surface area contributed by atoms with Crippen molar-refractivity contribution in [1.29, 1.82) is 5.26 Å². The lowest BCUT2D eigenvalue weighted by Crippen LogP contribution is -2.45. The first-order chi connectivity index (χ1) is 24.5. The zero-order valence-corrected chi connectivity index (χ0v) is 28.6. The van der Waals surface area contributed by atoms with Crippen molar-refractivity contribution in [2.75, 3.05) is 57.7 Å². The molecular weight excluding hydrogens is 633 g/mol. The quantitative estimate of drug-likeness (QED) is 0.215. The van der Waals surface area contributed by atoms with Crippen molar-refractivity contribution in [3.63, 3.8) is 0 Å². The number of pyridine rings is 1. The predicted molar refractivity (Wildman–Crippen MR) is 190 cm³/mol.